The minimum absolute atomic E-state index is 0.297. The van der Waals surface area contributed by atoms with Crippen molar-refractivity contribution in [3.05, 3.63) is 51.2 Å². The second kappa shape index (κ2) is 8.28. The fourth-order valence-electron chi connectivity index (χ4n) is 3.85. The van der Waals surface area contributed by atoms with E-state index in [1.54, 1.807) is 23.1 Å². The van der Waals surface area contributed by atoms with Crippen LogP contribution in [0.2, 0.25) is 0 Å². The van der Waals surface area contributed by atoms with E-state index in [1.807, 2.05) is 0 Å². The largest absolute Gasteiger partial charge is 0.395 e. The van der Waals surface area contributed by atoms with Crippen LogP contribution in [0, 0.1) is 0 Å². The number of thioether (sulfide) groups is 2. The average molecular weight is 441 g/mol. The lowest BCUT2D eigenvalue weighted by Gasteiger charge is -2.49. The Morgan fingerprint density at radius 2 is 1.93 bits per heavy atom. The number of benzene rings is 1. The summed E-state index contributed by atoms with van der Waals surface area (Å²) in [5, 5.41) is 40.4. The number of thiophene rings is 1. The van der Waals surface area contributed by atoms with Crippen molar-refractivity contribution in [2.75, 3.05) is 19.5 Å². The van der Waals surface area contributed by atoms with Crippen molar-refractivity contribution < 1.29 is 25.2 Å². The molecule has 8 heteroatoms. The van der Waals surface area contributed by atoms with Gasteiger partial charge < -0.3 is 25.2 Å². The van der Waals surface area contributed by atoms with Crippen molar-refractivity contribution in [1.29, 1.82) is 0 Å². The van der Waals surface area contributed by atoms with Crippen molar-refractivity contribution in [1.82, 2.24) is 0 Å². The van der Waals surface area contributed by atoms with E-state index in [2.05, 4.69) is 36.6 Å². The van der Waals surface area contributed by atoms with E-state index in [0.29, 0.717) is 6.61 Å². The van der Waals surface area contributed by atoms with Gasteiger partial charge in [0.2, 0.25) is 0 Å². The second-order valence-corrected chi connectivity index (χ2v) is 10.7. The Hall–Kier alpha value is -0.580. The standard InChI is InChI=1S/C20H24O5S3/c1-26-12-4-2-11(3-5-12)8-13-9-14-15(27-13)6-7-25-20(14)19(24)18(23)17(22)16(10-21)28-20/h2-5,9,16-19,21-24H,6-8,10H2,1H3/t16-,17-,18+,19-,20+/m1/s1. The predicted octanol–water partition coefficient (Wildman–Crippen LogP) is 1.98. The number of ether oxygens (including phenoxy) is 1. The van der Waals surface area contributed by atoms with Crippen molar-refractivity contribution in [3.8, 4) is 0 Å². The SMILES string of the molecule is CSc1ccc(Cc2cc3c(s2)CCO[C@]32S[C@H](CO)[C@@H](O)[C@H](O)[C@H]2O)cc1. The van der Waals surface area contributed by atoms with Gasteiger partial charge in [-0.25, -0.2) is 0 Å². The number of hydrogen-bond acceptors (Lipinski definition) is 8. The van der Waals surface area contributed by atoms with Crippen LogP contribution in [0.5, 0.6) is 0 Å². The highest BCUT2D eigenvalue weighted by Crippen LogP contribution is 2.53. The van der Waals surface area contributed by atoms with Gasteiger partial charge in [-0.1, -0.05) is 12.1 Å². The zero-order valence-corrected chi connectivity index (χ0v) is 17.9. The van der Waals surface area contributed by atoms with Gasteiger partial charge in [-0.05, 0) is 30.0 Å². The van der Waals surface area contributed by atoms with Gasteiger partial charge in [0.1, 0.15) is 12.2 Å². The molecule has 1 spiro atoms. The van der Waals surface area contributed by atoms with Crippen molar-refractivity contribution in [2.45, 2.75) is 46.2 Å². The van der Waals surface area contributed by atoms with Crippen LogP contribution in [-0.2, 0) is 22.5 Å². The fraction of sp³-hybridized carbons (Fsp3) is 0.500. The summed E-state index contributed by atoms with van der Waals surface area (Å²) in [6, 6.07) is 10.5. The molecule has 3 heterocycles. The lowest BCUT2D eigenvalue weighted by atomic mass is 9.92. The zero-order valence-electron chi connectivity index (χ0n) is 15.4. The highest BCUT2D eigenvalue weighted by Gasteiger charge is 2.56. The van der Waals surface area contributed by atoms with Crippen LogP contribution in [0.25, 0.3) is 0 Å². The van der Waals surface area contributed by atoms with E-state index < -0.39 is 28.5 Å². The van der Waals surface area contributed by atoms with Crippen LogP contribution >= 0.6 is 34.9 Å². The normalized spacial score (nSPS) is 32.5. The van der Waals surface area contributed by atoms with Gasteiger partial charge in [0.15, 0.2) is 4.93 Å². The first-order chi connectivity index (χ1) is 13.5. The van der Waals surface area contributed by atoms with Gasteiger partial charge in [-0.3, -0.25) is 0 Å². The van der Waals surface area contributed by atoms with Gasteiger partial charge in [0.05, 0.1) is 24.6 Å². The zero-order chi connectivity index (χ0) is 19.9. The molecule has 4 rings (SSSR count). The molecule has 4 N–H and O–H groups in total. The fourth-order valence-corrected chi connectivity index (χ4v) is 7.13. The van der Waals surface area contributed by atoms with E-state index >= 15 is 0 Å². The lowest BCUT2D eigenvalue weighted by Crippen LogP contribution is -2.60. The second-order valence-electron chi connectivity index (χ2n) is 7.11. The topological polar surface area (TPSA) is 90.2 Å². The molecule has 28 heavy (non-hydrogen) atoms. The molecular formula is C20H24O5S3. The van der Waals surface area contributed by atoms with E-state index in [0.717, 1.165) is 23.3 Å². The molecule has 1 fully saturated rings. The van der Waals surface area contributed by atoms with Gasteiger partial charge in [0, 0.05) is 33.1 Å². The van der Waals surface area contributed by atoms with Crippen molar-refractivity contribution in [2.24, 2.45) is 0 Å². The van der Waals surface area contributed by atoms with E-state index in [1.165, 1.54) is 27.1 Å². The van der Waals surface area contributed by atoms with Crippen LogP contribution < -0.4 is 0 Å². The van der Waals surface area contributed by atoms with Crippen molar-refractivity contribution >= 4 is 34.9 Å². The Morgan fingerprint density at radius 3 is 2.61 bits per heavy atom. The molecule has 0 saturated carbocycles. The van der Waals surface area contributed by atoms with Crippen molar-refractivity contribution in [3.63, 3.8) is 0 Å². The quantitative estimate of drug-likeness (QED) is 0.541. The molecule has 5 nitrogen and oxygen atoms in total. The molecule has 1 aromatic heterocycles. The highest BCUT2D eigenvalue weighted by atomic mass is 32.2. The third-order valence-corrected chi connectivity index (χ3v) is 8.97. The summed E-state index contributed by atoms with van der Waals surface area (Å²) in [5.74, 6) is 0. The third kappa shape index (κ3) is 3.54. The van der Waals surface area contributed by atoms with Gasteiger partial charge in [0.25, 0.3) is 0 Å². The molecule has 2 aromatic rings. The maximum Gasteiger partial charge on any atom is 0.169 e. The number of fused-ring (bicyclic) bond motifs is 2. The summed E-state index contributed by atoms with van der Waals surface area (Å²) >= 11 is 4.63. The molecule has 2 aliphatic rings. The van der Waals surface area contributed by atoms with Gasteiger partial charge in [-0.2, -0.15) is 0 Å². The Balaban J connectivity index is 1.65. The first kappa shape index (κ1) is 20.7. The number of rotatable bonds is 4. The first-order valence-electron chi connectivity index (χ1n) is 9.20. The predicted molar refractivity (Wildman–Crippen MR) is 113 cm³/mol. The van der Waals surface area contributed by atoms with Crippen LogP contribution in [-0.4, -0.2) is 63.5 Å². The molecule has 0 bridgehead atoms. The molecule has 1 aromatic carbocycles. The Labute approximate surface area is 176 Å². The molecule has 5 atom stereocenters. The average Bonchev–Trinajstić information content (AvgIpc) is 3.13. The third-order valence-electron chi connectivity index (χ3n) is 5.37. The smallest absolute Gasteiger partial charge is 0.169 e. The lowest BCUT2D eigenvalue weighted by molar-refractivity contribution is -0.155. The minimum atomic E-state index is -1.37. The monoisotopic (exact) mass is 440 g/mol. The Bertz CT molecular complexity index is 822. The number of aliphatic hydroxyl groups excluding tert-OH is 4. The van der Waals surface area contributed by atoms with E-state index in [-0.39, 0.29) is 6.61 Å². The summed E-state index contributed by atoms with van der Waals surface area (Å²) in [5.41, 5.74) is 2.08. The Kier molecular flexibility index (Phi) is 6.11. The van der Waals surface area contributed by atoms with E-state index in [9.17, 15) is 20.4 Å². The highest BCUT2D eigenvalue weighted by molar-refractivity contribution is 8.00. The van der Waals surface area contributed by atoms with Gasteiger partial charge >= 0.3 is 0 Å². The maximum absolute atomic E-state index is 10.8. The first-order valence-corrected chi connectivity index (χ1v) is 12.1. The Morgan fingerprint density at radius 1 is 1.18 bits per heavy atom. The molecule has 2 aliphatic heterocycles. The summed E-state index contributed by atoms with van der Waals surface area (Å²) in [6.45, 7) is 0.134. The number of hydrogen-bond donors (Lipinski definition) is 4. The summed E-state index contributed by atoms with van der Waals surface area (Å²) in [7, 11) is 0. The summed E-state index contributed by atoms with van der Waals surface area (Å²) < 4.78 is 6.02. The molecule has 1 saturated heterocycles. The van der Waals surface area contributed by atoms with Gasteiger partial charge in [-0.15, -0.1) is 34.9 Å². The van der Waals surface area contributed by atoms with Crippen LogP contribution in [0.4, 0.5) is 0 Å². The number of aliphatic hydroxyl groups is 4. The minimum Gasteiger partial charge on any atom is -0.395 e. The maximum atomic E-state index is 10.8. The summed E-state index contributed by atoms with van der Waals surface area (Å²) in [6.07, 6.45) is -0.234. The molecule has 0 amide bonds. The van der Waals surface area contributed by atoms with E-state index in [4.69, 9.17) is 4.74 Å². The molecule has 0 radical (unpaired) electrons. The van der Waals surface area contributed by atoms with Crippen LogP contribution in [0.1, 0.15) is 20.9 Å². The molecule has 0 aliphatic carbocycles. The molecular weight excluding hydrogens is 416 g/mol. The molecule has 152 valence electrons. The summed E-state index contributed by atoms with van der Waals surface area (Å²) in [4.78, 5) is 2.37. The molecule has 0 unspecified atom stereocenters. The van der Waals surface area contributed by atoms with Crippen LogP contribution in [0.3, 0.4) is 0 Å². The van der Waals surface area contributed by atoms with Crippen LogP contribution in [0.15, 0.2) is 35.2 Å².